The van der Waals surface area contributed by atoms with Crippen LogP contribution in [0, 0.1) is 0 Å². The lowest BCUT2D eigenvalue weighted by Crippen LogP contribution is -2.35. The van der Waals surface area contributed by atoms with E-state index in [4.69, 9.17) is 9.47 Å². The molecule has 0 atom stereocenters. The molecular weight excluding hydrogens is 450 g/mol. The molecule has 0 bridgehead atoms. The Balaban J connectivity index is 1.41. The molecule has 2 amide bonds. The number of aliphatic imine (C=N–C) groups is 1. The summed E-state index contributed by atoms with van der Waals surface area (Å²) >= 11 is 1.35. The van der Waals surface area contributed by atoms with Gasteiger partial charge < -0.3 is 14.4 Å². The van der Waals surface area contributed by atoms with Crippen molar-refractivity contribution in [1.82, 2.24) is 9.80 Å². The number of rotatable bonds is 6. The fraction of sp³-hybridized carbons (Fsp3) is 0.346. The van der Waals surface area contributed by atoms with Gasteiger partial charge in [-0.3, -0.25) is 19.5 Å². The molecule has 7 nitrogen and oxygen atoms in total. The molecule has 0 radical (unpaired) electrons. The molecule has 2 fully saturated rings. The molecule has 0 unspecified atom stereocenters. The zero-order valence-corrected chi connectivity index (χ0v) is 20.6. The van der Waals surface area contributed by atoms with Gasteiger partial charge >= 0.3 is 0 Å². The third-order valence-electron chi connectivity index (χ3n) is 5.92. The van der Waals surface area contributed by atoms with E-state index in [1.165, 1.54) is 23.1 Å². The number of carbonyl (C=O) groups is 2. The van der Waals surface area contributed by atoms with E-state index >= 15 is 0 Å². The highest BCUT2D eigenvalue weighted by Crippen LogP contribution is 2.34. The van der Waals surface area contributed by atoms with Crippen molar-refractivity contribution in [3.63, 3.8) is 0 Å². The molecule has 34 heavy (non-hydrogen) atoms. The van der Waals surface area contributed by atoms with Crippen LogP contribution in [0.4, 0.5) is 0 Å². The van der Waals surface area contributed by atoms with Crippen LogP contribution in [0.1, 0.15) is 40.7 Å². The topological polar surface area (TPSA) is 71.4 Å². The van der Waals surface area contributed by atoms with Crippen LogP contribution in [-0.4, -0.2) is 61.1 Å². The zero-order valence-electron chi connectivity index (χ0n) is 19.7. The lowest BCUT2D eigenvalue weighted by Gasteiger charge is -2.26. The van der Waals surface area contributed by atoms with Gasteiger partial charge in [0, 0.05) is 32.7 Å². The summed E-state index contributed by atoms with van der Waals surface area (Å²) in [7, 11) is 4.97. The van der Waals surface area contributed by atoms with Gasteiger partial charge in [0.05, 0.1) is 12.0 Å². The van der Waals surface area contributed by atoms with Gasteiger partial charge in [0.25, 0.3) is 11.8 Å². The first kappa shape index (κ1) is 23.9. The Hall–Kier alpha value is -3.26. The lowest BCUT2D eigenvalue weighted by atomic mass is 10.1. The van der Waals surface area contributed by atoms with Crippen LogP contribution in [0.15, 0.2) is 52.4 Å². The number of likely N-dealkylation sites (N-methyl/N-ethyl adjacent to an activating group) is 1. The van der Waals surface area contributed by atoms with E-state index in [9.17, 15) is 9.59 Å². The van der Waals surface area contributed by atoms with E-state index in [0.717, 1.165) is 37.1 Å². The molecule has 4 rings (SSSR count). The number of benzene rings is 2. The molecule has 8 heteroatoms. The van der Waals surface area contributed by atoms with Crippen molar-refractivity contribution in [2.75, 3.05) is 34.3 Å². The van der Waals surface area contributed by atoms with Gasteiger partial charge in [-0.15, -0.1) is 0 Å². The van der Waals surface area contributed by atoms with E-state index in [-0.39, 0.29) is 11.8 Å². The van der Waals surface area contributed by atoms with Crippen LogP contribution in [0.3, 0.4) is 0 Å². The number of thioether (sulfide) groups is 1. The van der Waals surface area contributed by atoms with Crippen LogP contribution < -0.4 is 9.47 Å². The number of amidine groups is 1. The highest BCUT2D eigenvalue weighted by molar-refractivity contribution is 8.18. The monoisotopic (exact) mass is 479 g/mol. The maximum atomic E-state index is 12.6. The number of piperidine rings is 1. The van der Waals surface area contributed by atoms with Gasteiger partial charge in [-0.05, 0) is 72.5 Å². The first-order chi connectivity index (χ1) is 16.5. The summed E-state index contributed by atoms with van der Waals surface area (Å²) in [6, 6.07) is 13.1. The number of methoxy groups -OCH3 is 1. The number of carbonyl (C=O) groups excluding carboxylic acids is 2. The summed E-state index contributed by atoms with van der Waals surface area (Å²) in [4.78, 5) is 33.2. The number of likely N-dealkylation sites (tertiary alicyclic amines) is 1. The summed E-state index contributed by atoms with van der Waals surface area (Å²) in [6.45, 7) is 2.03. The largest absolute Gasteiger partial charge is 0.493 e. The van der Waals surface area contributed by atoms with Crippen molar-refractivity contribution < 1.29 is 19.1 Å². The van der Waals surface area contributed by atoms with Crippen molar-refractivity contribution >= 4 is 34.8 Å². The molecular formula is C26H29N3O4S. The summed E-state index contributed by atoms with van der Waals surface area (Å²) in [5.41, 5.74) is 2.51. The number of hydrogen-bond acceptors (Lipinski definition) is 6. The molecule has 0 saturated carbocycles. The third kappa shape index (κ3) is 5.28. The number of nitrogens with zero attached hydrogens (tertiary/aromatic N) is 3. The van der Waals surface area contributed by atoms with Gasteiger partial charge in [0.1, 0.15) is 6.61 Å². The fourth-order valence-corrected chi connectivity index (χ4v) is 4.91. The van der Waals surface area contributed by atoms with Crippen LogP contribution in [0.25, 0.3) is 6.08 Å². The Labute approximate surface area is 204 Å². The zero-order chi connectivity index (χ0) is 24.1. The summed E-state index contributed by atoms with van der Waals surface area (Å²) in [5.74, 6) is 1.21. The summed E-state index contributed by atoms with van der Waals surface area (Å²) < 4.78 is 11.5. The normalized spacial score (nSPS) is 18.6. The van der Waals surface area contributed by atoms with Gasteiger partial charge in [-0.25, -0.2) is 0 Å². The first-order valence-electron chi connectivity index (χ1n) is 11.3. The van der Waals surface area contributed by atoms with E-state index in [1.54, 1.807) is 21.2 Å². The van der Waals surface area contributed by atoms with Gasteiger partial charge in [0.2, 0.25) is 0 Å². The number of hydrogen-bond donors (Lipinski definition) is 0. The Kier molecular flexibility index (Phi) is 7.57. The van der Waals surface area contributed by atoms with Crippen LogP contribution in [-0.2, 0) is 11.4 Å². The second kappa shape index (κ2) is 10.8. The summed E-state index contributed by atoms with van der Waals surface area (Å²) in [5, 5.41) is 0.673. The molecule has 2 aliphatic rings. The SMILES string of the molecule is CN=C1S/C(=C\c2ccc(OCc3ccc(C(=O)N4CCCCC4)cc3)c(OC)c2)C(=O)N1C. The standard InChI is InChI=1S/C26H29N3O4S/c1-27-26-28(2)25(31)23(34-26)16-19-9-12-21(22(15-19)32-3)33-17-18-7-10-20(11-8-18)24(30)29-13-5-4-6-14-29/h7-12,15-16H,4-6,13-14,17H2,1-3H3/b23-16-,27-26?. The Morgan fingerprint density at radius 1 is 1.09 bits per heavy atom. The van der Waals surface area contributed by atoms with Crippen LogP contribution in [0.5, 0.6) is 11.5 Å². The molecule has 0 spiro atoms. The minimum atomic E-state index is -0.0768. The number of amides is 2. The fourth-order valence-electron chi connectivity index (χ4n) is 3.98. The van der Waals surface area contributed by atoms with Crippen molar-refractivity contribution in [3.05, 3.63) is 64.1 Å². The molecule has 178 valence electrons. The van der Waals surface area contributed by atoms with E-state index in [1.807, 2.05) is 53.4 Å². The maximum Gasteiger partial charge on any atom is 0.266 e. The highest BCUT2D eigenvalue weighted by atomic mass is 32.2. The molecule has 2 aromatic rings. The second-order valence-corrected chi connectivity index (χ2v) is 9.24. The molecule has 0 N–H and O–H groups in total. The molecule has 0 aromatic heterocycles. The van der Waals surface area contributed by atoms with Crippen molar-refractivity contribution in [2.24, 2.45) is 4.99 Å². The maximum absolute atomic E-state index is 12.6. The predicted molar refractivity (Wildman–Crippen MR) is 135 cm³/mol. The Morgan fingerprint density at radius 3 is 2.47 bits per heavy atom. The second-order valence-electron chi connectivity index (χ2n) is 8.23. The van der Waals surface area contributed by atoms with Gasteiger partial charge in [0.15, 0.2) is 16.7 Å². The minimum absolute atomic E-state index is 0.0768. The van der Waals surface area contributed by atoms with Gasteiger partial charge in [-0.2, -0.15) is 0 Å². The first-order valence-corrected chi connectivity index (χ1v) is 12.1. The smallest absolute Gasteiger partial charge is 0.266 e. The summed E-state index contributed by atoms with van der Waals surface area (Å²) in [6.07, 6.45) is 5.18. The van der Waals surface area contributed by atoms with Crippen molar-refractivity contribution in [2.45, 2.75) is 25.9 Å². The lowest BCUT2D eigenvalue weighted by molar-refractivity contribution is -0.121. The quantitative estimate of drug-likeness (QED) is 0.573. The average molecular weight is 480 g/mol. The molecule has 2 saturated heterocycles. The molecule has 0 aliphatic carbocycles. The average Bonchev–Trinajstić information content (AvgIpc) is 3.16. The van der Waals surface area contributed by atoms with E-state index in [0.29, 0.717) is 33.7 Å². The van der Waals surface area contributed by atoms with Crippen LogP contribution in [0.2, 0.25) is 0 Å². The van der Waals surface area contributed by atoms with Crippen LogP contribution >= 0.6 is 11.8 Å². The predicted octanol–water partition coefficient (Wildman–Crippen LogP) is 4.43. The molecule has 2 heterocycles. The number of ether oxygens (including phenoxy) is 2. The van der Waals surface area contributed by atoms with E-state index in [2.05, 4.69) is 4.99 Å². The van der Waals surface area contributed by atoms with Crippen molar-refractivity contribution in [1.29, 1.82) is 0 Å². The molecule has 2 aliphatic heterocycles. The highest BCUT2D eigenvalue weighted by Gasteiger charge is 2.29. The van der Waals surface area contributed by atoms with Crippen molar-refractivity contribution in [3.8, 4) is 11.5 Å². The Morgan fingerprint density at radius 2 is 1.82 bits per heavy atom. The third-order valence-corrected chi connectivity index (χ3v) is 7.07. The minimum Gasteiger partial charge on any atom is -0.493 e. The Bertz CT molecular complexity index is 1120. The van der Waals surface area contributed by atoms with E-state index < -0.39 is 0 Å². The van der Waals surface area contributed by atoms with Gasteiger partial charge in [-0.1, -0.05) is 18.2 Å². The molecule has 2 aromatic carbocycles.